The summed E-state index contributed by atoms with van der Waals surface area (Å²) in [6.45, 7) is 0. The molecular formula is C59H43N3Si2. The average molecular weight is 850 g/mol. The van der Waals surface area contributed by atoms with Gasteiger partial charge in [0.2, 0.25) is 0 Å². The molecule has 0 unspecified atom stereocenters. The first-order chi connectivity index (χ1) is 31.8. The Bertz CT molecular complexity index is 2900. The third-order valence-electron chi connectivity index (χ3n) is 13.4. The van der Waals surface area contributed by atoms with E-state index in [1.165, 1.54) is 64.2 Å². The highest BCUT2D eigenvalue weighted by Crippen LogP contribution is 2.41. The lowest BCUT2D eigenvalue weighted by atomic mass is 10.1. The van der Waals surface area contributed by atoms with E-state index >= 15 is 0 Å². The second kappa shape index (κ2) is 15.5. The van der Waals surface area contributed by atoms with Crippen LogP contribution < -0.4 is 51.3 Å². The van der Waals surface area contributed by atoms with Crippen LogP contribution in [0.2, 0.25) is 0 Å². The van der Waals surface area contributed by atoms with Crippen LogP contribution in [0, 0.1) is 0 Å². The predicted octanol–water partition coefficient (Wildman–Crippen LogP) is 9.07. The number of nitrogens with zero attached hydrogens (tertiary/aromatic N) is 3. The molecule has 0 spiro atoms. The summed E-state index contributed by atoms with van der Waals surface area (Å²) in [5.74, 6) is 0.890. The van der Waals surface area contributed by atoms with Crippen molar-refractivity contribution in [2.24, 2.45) is 0 Å². The summed E-state index contributed by atoms with van der Waals surface area (Å²) in [6, 6.07) is 96.4. The van der Waals surface area contributed by atoms with Gasteiger partial charge in [-0.15, -0.1) is 0 Å². The zero-order valence-corrected chi connectivity index (χ0v) is 37.2. The molecule has 2 aliphatic rings. The van der Waals surface area contributed by atoms with Gasteiger partial charge in [-0.3, -0.25) is 4.90 Å². The molecule has 302 valence electrons. The summed E-state index contributed by atoms with van der Waals surface area (Å²) < 4.78 is 0. The monoisotopic (exact) mass is 849 g/mol. The van der Waals surface area contributed by atoms with Crippen molar-refractivity contribution in [3.05, 3.63) is 261 Å². The molecule has 10 aromatic rings. The van der Waals surface area contributed by atoms with Crippen LogP contribution in [0.3, 0.4) is 0 Å². The molecule has 1 aromatic heterocycles. The van der Waals surface area contributed by atoms with Gasteiger partial charge in [-0.1, -0.05) is 212 Å². The van der Waals surface area contributed by atoms with Gasteiger partial charge in [0.25, 0.3) is 0 Å². The van der Waals surface area contributed by atoms with Crippen LogP contribution in [0.1, 0.15) is 0 Å². The maximum atomic E-state index is 5.56. The van der Waals surface area contributed by atoms with Crippen molar-refractivity contribution in [3.63, 3.8) is 0 Å². The topological polar surface area (TPSA) is 19.4 Å². The molecule has 0 radical (unpaired) electrons. The number of anilines is 6. The van der Waals surface area contributed by atoms with Crippen LogP contribution in [0.5, 0.6) is 0 Å². The van der Waals surface area contributed by atoms with E-state index in [0.717, 1.165) is 22.8 Å². The normalized spacial score (nSPS) is 14.1. The summed E-state index contributed by atoms with van der Waals surface area (Å²) in [5.41, 5.74) is 7.85. The fourth-order valence-electron chi connectivity index (χ4n) is 10.9. The number of hydrogen-bond acceptors (Lipinski definition) is 3. The Morgan fingerprint density at radius 3 is 1.03 bits per heavy atom. The van der Waals surface area contributed by atoms with Crippen molar-refractivity contribution < 1.29 is 0 Å². The third-order valence-corrected chi connectivity index (χ3v) is 23.1. The van der Waals surface area contributed by atoms with E-state index in [1.807, 2.05) is 0 Å². The lowest BCUT2D eigenvalue weighted by molar-refractivity contribution is 1.18. The number of benzene rings is 9. The number of hydrogen-bond donors (Lipinski definition) is 0. The summed E-state index contributed by atoms with van der Waals surface area (Å²) in [6.07, 6.45) is 0. The van der Waals surface area contributed by atoms with Gasteiger partial charge in [-0.05, 0) is 90.0 Å². The van der Waals surface area contributed by atoms with Crippen LogP contribution >= 0.6 is 0 Å². The van der Waals surface area contributed by atoms with Crippen LogP contribution in [0.4, 0.5) is 34.3 Å². The van der Waals surface area contributed by atoms with E-state index in [9.17, 15) is 0 Å². The maximum absolute atomic E-state index is 5.56. The molecule has 0 aliphatic carbocycles. The number of pyridine rings is 1. The molecule has 0 fully saturated rings. The molecular weight excluding hydrogens is 807 g/mol. The van der Waals surface area contributed by atoms with E-state index in [2.05, 4.69) is 271 Å². The molecule has 0 saturated heterocycles. The second-order valence-electron chi connectivity index (χ2n) is 16.6. The smallest absolute Gasteiger partial charge is 0.184 e. The number of rotatable bonds is 7. The highest BCUT2D eigenvalue weighted by Gasteiger charge is 2.50. The maximum Gasteiger partial charge on any atom is 0.184 e. The quantitative estimate of drug-likeness (QED) is 0.149. The second-order valence-corrected chi connectivity index (χ2v) is 24.1. The fourth-order valence-corrected chi connectivity index (χ4v) is 21.1. The number of para-hydroxylation sites is 4. The minimum Gasteiger partial charge on any atom is -0.311 e. The lowest BCUT2D eigenvalue weighted by Crippen LogP contribution is -2.77. The van der Waals surface area contributed by atoms with Crippen molar-refractivity contribution in [3.8, 4) is 11.3 Å². The Kier molecular flexibility index (Phi) is 9.18. The van der Waals surface area contributed by atoms with Gasteiger partial charge < -0.3 is 4.90 Å². The minimum atomic E-state index is -2.74. The van der Waals surface area contributed by atoms with Gasteiger partial charge in [0.05, 0.1) is 5.69 Å². The summed E-state index contributed by atoms with van der Waals surface area (Å²) >= 11 is 0. The summed E-state index contributed by atoms with van der Waals surface area (Å²) in [5, 5.41) is 11.0. The van der Waals surface area contributed by atoms with Crippen LogP contribution in [-0.2, 0) is 0 Å². The summed E-state index contributed by atoms with van der Waals surface area (Å²) in [4.78, 5) is 10.4. The minimum absolute atomic E-state index is 0.890. The van der Waals surface area contributed by atoms with Gasteiger partial charge in [0.15, 0.2) is 16.1 Å². The average Bonchev–Trinajstić information content (AvgIpc) is 3.38. The molecule has 3 nitrogen and oxygen atoms in total. The first kappa shape index (κ1) is 37.9. The largest absolute Gasteiger partial charge is 0.311 e. The first-order valence-electron chi connectivity index (χ1n) is 22.1. The van der Waals surface area contributed by atoms with Gasteiger partial charge in [-0.25, -0.2) is 4.98 Å². The standard InChI is InChI=1S/C59H43N3Si2/c1-5-25-46(26-6-1)63(47-27-7-2-8-28-47)55-38-17-13-34-51(55)61(52-35-14-18-39-56(52)63)45-24-21-23-44(43-45)50-33-22-42-59(60-50)62-53-36-15-19-40-57(53)64(48-29-9-3-10-30-48,49-31-11-4-12-32-49)58-41-20-16-37-54(58)62/h1-43H. The van der Waals surface area contributed by atoms with Crippen LogP contribution in [0.15, 0.2) is 261 Å². The fraction of sp³-hybridized carbons (Fsp3) is 0. The molecule has 9 aromatic carbocycles. The molecule has 64 heavy (non-hydrogen) atoms. The first-order valence-corrected chi connectivity index (χ1v) is 26.1. The van der Waals surface area contributed by atoms with Gasteiger partial charge in [0, 0.05) is 34.0 Å². The molecule has 0 N–H and O–H groups in total. The van der Waals surface area contributed by atoms with Gasteiger partial charge in [-0.2, -0.15) is 0 Å². The number of fused-ring (bicyclic) bond motifs is 4. The van der Waals surface area contributed by atoms with E-state index in [-0.39, 0.29) is 0 Å². The Labute approximate surface area is 376 Å². The Hall–Kier alpha value is -7.84. The SMILES string of the molecule is c1ccc([Si]2(c3ccccc3)c3ccccc3N(c3cccc(-c4cccc(N5c6ccccc6[Si](c6ccccc6)(c6ccccc6)c6ccccc65)n4)c3)c3ccccc32)cc1. The molecule has 0 atom stereocenters. The zero-order chi connectivity index (χ0) is 42.5. The number of aromatic nitrogens is 1. The molecule has 3 heterocycles. The lowest BCUT2D eigenvalue weighted by Gasteiger charge is -2.45. The van der Waals surface area contributed by atoms with E-state index in [1.54, 1.807) is 0 Å². The van der Waals surface area contributed by atoms with Gasteiger partial charge >= 0.3 is 0 Å². The summed E-state index contributed by atoms with van der Waals surface area (Å²) in [7, 11) is -5.46. The molecule has 12 rings (SSSR count). The molecule has 2 aliphatic heterocycles. The van der Waals surface area contributed by atoms with Crippen LogP contribution in [0.25, 0.3) is 11.3 Å². The Balaban J connectivity index is 1.01. The van der Waals surface area contributed by atoms with E-state index < -0.39 is 16.1 Å². The molecule has 0 bridgehead atoms. The molecule has 0 amide bonds. The van der Waals surface area contributed by atoms with Crippen LogP contribution in [-0.4, -0.2) is 21.1 Å². The predicted molar refractivity (Wildman–Crippen MR) is 273 cm³/mol. The third kappa shape index (κ3) is 5.68. The van der Waals surface area contributed by atoms with Gasteiger partial charge in [0.1, 0.15) is 5.82 Å². The van der Waals surface area contributed by atoms with Crippen molar-refractivity contribution in [2.45, 2.75) is 0 Å². The zero-order valence-electron chi connectivity index (χ0n) is 35.2. The highest BCUT2D eigenvalue weighted by atomic mass is 28.3. The van der Waals surface area contributed by atoms with Crippen molar-refractivity contribution >= 4 is 91.9 Å². The van der Waals surface area contributed by atoms with Crippen molar-refractivity contribution in [1.29, 1.82) is 0 Å². The Morgan fingerprint density at radius 2 is 0.625 bits per heavy atom. The molecule has 5 heteroatoms. The van der Waals surface area contributed by atoms with Crippen molar-refractivity contribution in [1.82, 2.24) is 4.98 Å². The van der Waals surface area contributed by atoms with Crippen molar-refractivity contribution in [2.75, 3.05) is 9.80 Å². The Morgan fingerprint density at radius 1 is 0.281 bits per heavy atom. The highest BCUT2D eigenvalue weighted by molar-refractivity contribution is 7.22. The van der Waals surface area contributed by atoms with E-state index in [0.29, 0.717) is 0 Å². The molecule has 0 saturated carbocycles. The van der Waals surface area contributed by atoms with E-state index in [4.69, 9.17) is 4.98 Å².